The largest absolute Gasteiger partial charge is 0.389 e. The number of ether oxygens (including phenoxy) is 1. The Morgan fingerprint density at radius 1 is 1.53 bits per heavy atom. The molecule has 4 nitrogen and oxygen atoms in total. The van der Waals surface area contributed by atoms with Gasteiger partial charge in [-0.3, -0.25) is 4.90 Å². The molecule has 2 heterocycles. The Balaban J connectivity index is 2.07. The third-order valence-electron chi connectivity index (χ3n) is 2.76. The number of morpholine rings is 1. The number of nitrogens with zero attached hydrogens (tertiary/aromatic N) is 2. The molecule has 0 atom stereocenters. The van der Waals surface area contributed by atoms with Crippen molar-refractivity contribution in [3.05, 3.63) is 15.6 Å². The van der Waals surface area contributed by atoms with Crippen LogP contribution < -0.4 is 5.73 Å². The van der Waals surface area contributed by atoms with Gasteiger partial charge in [-0.15, -0.1) is 11.3 Å². The summed E-state index contributed by atoms with van der Waals surface area (Å²) in [7, 11) is 0. The quantitative estimate of drug-likeness (QED) is 0.833. The van der Waals surface area contributed by atoms with Gasteiger partial charge in [-0.25, -0.2) is 4.98 Å². The second-order valence-electron chi connectivity index (χ2n) is 3.99. The van der Waals surface area contributed by atoms with Crippen LogP contribution in [0.5, 0.6) is 0 Å². The summed E-state index contributed by atoms with van der Waals surface area (Å²) < 4.78 is 5.33. The van der Waals surface area contributed by atoms with E-state index >= 15 is 0 Å². The number of thiazole rings is 1. The Bertz CT molecular complexity index is 399. The minimum absolute atomic E-state index is 0.465. The Morgan fingerprint density at radius 2 is 2.24 bits per heavy atom. The van der Waals surface area contributed by atoms with Crippen molar-refractivity contribution in [2.24, 2.45) is 5.73 Å². The maximum absolute atomic E-state index is 5.70. The lowest BCUT2D eigenvalue weighted by Crippen LogP contribution is -2.35. The maximum atomic E-state index is 5.70. The molecule has 2 N–H and O–H groups in total. The van der Waals surface area contributed by atoms with Crippen LogP contribution >= 0.6 is 23.6 Å². The van der Waals surface area contributed by atoms with E-state index in [-0.39, 0.29) is 0 Å². The molecule has 0 bridgehead atoms. The zero-order valence-electron chi connectivity index (χ0n) is 9.94. The van der Waals surface area contributed by atoms with Crippen LogP contribution in [-0.4, -0.2) is 41.2 Å². The number of rotatable bonds is 4. The molecular formula is C11H17N3OS2. The lowest BCUT2D eigenvalue weighted by atomic mass is 10.3. The smallest absolute Gasteiger partial charge is 0.116 e. The first-order valence-corrected chi connectivity index (χ1v) is 7.01. The van der Waals surface area contributed by atoms with Gasteiger partial charge in [-0.1, -0.05) is 19.1 Å². The SMILES string of the molecule is CCc1nc(CN2CCOCC2)sc1C(N)=S. The molecule has 0 radical (unpaired) electrons. The van der Waals surface area contributed by atoms with E-state index in [1.54, 1.807) is 11.3 Å². The molecule has 1 aliphatic heterocycles. The van der Waals surface area contributed by atoms with Gasteiger partial charge in [0.2, 0.25) is 0 Å². The molecule has 0 saturated carbocycles. The average molecular weight is 271 g/mol. The van der Waals surface area contributed by atoms with Gasteiger partial charge in [0.05, 0.1) is 30.3 Å². The summed E-state index contributed by atoms with van der Waals surface area (Å²) in [5.41, 5.74) is 6.74. The summed E-state index contributed by atoms with van der Waals surface area (Å²) in [5.74, 6) is 0. The molecule has 0 aromatic carbocycles. The van der Waals surface area contributed by atoms with Crippen molar-refractivity contribution < 1.29 is 4.74 Å². The summed E-state index contributed by atoms with van der Waals surface area (Å²) >= 11 is 6.67. The maximum Gasteiger partial charge on any atom is 0.116 e. The zero-order chi connectivity index (χ0) is 12.3. The predicted molar refractivity (Wildman–Crippen MR) is 73.5 cm³/mol. The summed E-state index contributed by atoms with van der Waals surface area (Å²) in [6.07, 6.45) is 0.881. The Morgan fingerprint density at radius 3 is 2.76 bits per heavy atom. The third-order valence-corrected chi connectivity index (χ3v) is 4.21. The molecule has 17 heavy (non-hydrogen) atoms. The van der Waals surface area contributed by atoms with Crippen LogP contribution in [-0.2, 0) is 17.7 Å². The average Bonchev–Trinajstić information content (AvgIpc) is 2.73. The molecule has 1 fully saturated rings. The van der Waals surface area contributed by atoms with Crippen LogP contribution in [0.15, 0.2) is 0 Å². The van der Waals surface area contributed by atoms with Gasteiger partial charge >= 0.3 is 0 Å². The highest BCUT2D eigenvalue weighted by Gasteiger charge is 2.16. The lowest BCUT2D eigenvalue weighted by Gasteiger charge is -2.25. The highest BCUT2D eigenvalue weighted by atomic mass is 32.1. The molecule has 1 aliphatic rings. The van der Waals surface area contributed by atoms with E-state index in [0.717, 1.165) is 54.8 Å². The molecule has 1 aromatic heterocycles. The van der Waals surface area contributed by atoms with E-state index in [9.17, 15) is 0 Å². The summed E-state index contributed by atoms with van der Waals surface area (Å²) in [6, 6.07) is 0. The fourth-order valence-corrected chi connectivity index (χ4v) is 3.14. The number of aromatic nitrogens is 1. The third kappa shape index (κ3) is 3.22. The van der Waals surface area contributed by atoms with Crippen LogP contribution in [0.2, 0.25) is 0 Å². The van der Waals surface area contributed by atoms with E-state index in [1.807, 2.05) is 0 Å². The van der Waals surface area contributed by atoms with Crippen molar-refractivity contribution in [2.75, 3.05) is 26.3 Å². The minimum atomic E-state index is 0.465. The number of hydrogen-bond donors (Lipinski definition) is 1. The standard InChI is InChI=1S/C11H17N3OS2/c1-2-8-10(11(12)16)17-9(13-8)7-14-3-5-15-6-4-14/h2-7H2,1H3,(H2,12,16). The van der Waals surface area contributed by atoms with Gasteiger partial charge in [0.15, 0.2) is 0 Å². The van der Waals surface area contributed by atoms with Gasteiger partial charge in [0, 0.05) is 13.1 Å². The van der Waals surface area contributed by atoms with E-state index in [4.69, 9.17) is 22.7 Å². The van der Waals surface area contributed by atoms with Crippen molar-refractivity contribution >= 4 is 28.5 Å². The molecular weight excluding hydrogens is 254 g/mol. The van der Waals surface area contributed by atoms with Crippen LogP contribution in [0.4, 0.5) is 0 Å². The van der Waals surface area contributed by atoms with Crippen LogP contribution in [0.25, 0.3) is 0 Å². The number of hydrogen-bond acceptors (Lipinski definition) is 5. The molecule has 0 aliphatic carbocycles. The summed E-state index contributed by atoms with van der Waals surface area (Å²) in [5, 5.41) is 1.10. The first kappa shape index (κ1) is 12.9. The molecule has 94 valence electrons. The highest BCUT2D eigenvalue weighted by Crippen LogP contribution is 2.21. The fraction of sp³-hybridized carbons (Fsp3) is 0.636. The first-order valence-electron chi connectivity index (χ1n) is 5.79. The van der Waals surface area contributed by atoms with Gasteiger partial charge in [-0.05, 0) is 6.42 Å². The molecule has 1 aromatic rings. The number of thiocarbonyl (C=S) groups is 1. The monoisotopic (exact) mass is 271 g/mol. The normalized spacial score (nSPS) is 17.2. The Hall–Kier alpha value is -0.560. The lowest BCUT2D eigenvalue weighted by molar-refractivity contribution is 0.0341. The van der Waals surface area contributed by atoms with Gasteiger partial charge in [-0.2, -0.15) is 0 Å². The number of nitrogens with two attached hydrogens (primary N) is 1. The van der Waals surface area contributed by atoms with Crippen LogP contribution in [0.1, 0.15) is 22.5 Å². The zero-order valence-corrected chi connectivity index (χ0v) is 11.6. The topological polar surface area (TPSA) is 51.4 Å². The summed E-state index contributed by atoms with van der Waals surface area (Å²) in [6.45, 7) is 6.54. The van der Waals surface area contributed by atoms with E-state index in [1.165, 1.54) is 0 Å². The van der Waals surface area contributed by atoms with Crippen molar-refractivity contribution in [1.82, 2.24) is 9.88 Å². The van der Waals surface area contributed by atoms with Gasteiger partial charge < -0.3 is 10.5 Å². The van der Waals surface area contributed by atoms with Gasteiger partial charge in [0.1, 0.15) is 10.00 Å². The van der Waals surface area contributed by atoms with E-state index < -0.39 is 0 Å². The van der Waals surface area contributed by atoms with E-state index in [0.29, 0.717) is 4.99 Å². The fourth-order valence-electron chi connectivity index (χ4n) is 1.85. The van der Waals surface area contributed by atoms with Crippen molar-refractivity contribution in [1.29, 1.82) is 0 Å². The Labute approximate surface area is 111 Å². The second-order valence-corrected chi connectivity index (χ2v) is 5.51. The first-order chi connectivity index (χ1) is 8.20. The molecule has 0 spiro atoms. The molecule has 6 heteroatoms. The Kier molecular flexibility index (Phi) is 4.44. The van der Waals surface area contributed by atoms with Crippen molar-refractivity contribution in [3.63, 3.8) is 0 Å². The molecule has 2 rings (SSSR count). The molecule has 1 saturated heterocycles. The van der Waals surface area contributed by atoms with Gasteiger partial charge in [0.25, 0.3) is 0 Å². The van der Waals surface area contributed by atoms with Crippen LogP contribution in [0, 0.1) is 0 Å². The minimum Gasteiger partial charge on any atom is -0.389 e. The predicted octanol–water partition coefficient (Wildman–Crippen LogP) is 1.17. The van der Waals surface area contributed by atoms with Crippen molar-refractivity contribution in [2.45, 2.75) is 19.9 Å². The number of aryl methyl sites for hydroxylation is 1. The van der Waals surface area contributed by atoms with E-state index in [2.05, 4.69) is 16.8 Å². The second kappa shape index (κ2) is 5.86. The molecule has 0 amide bonds. The highest BCUT2D eigenvalue weighted by molar-refractivity contribution is 7.81. The van der Waals surface area contributed by atoms with Crippen LogP contribution in [0.3, 0.4) is 0 Å². The van der Waals surface area contributed by atoms with Crippen molar-refractivity contribution in [3.8, 4) is 0 Å². The summed E-state index contributed by atoms with van der Waals surface area (Å²) in [4.78, 5) is 8.41. The molecule has 0 unspecified atom stereocenters.